The molecule has 0 atom stereocenters. The molecular formula is C86H90N4. The lowest BCUT2D eigenvalue weighted by atomic mass is 9.86. The molecule has 90 heavy (non-hydrogen) atoms. The van der Waals surface area contributed by atoms with Crippen LogP contribution < -0.4 is 0 Å². The van der Waals surface area contributed by atoms with Crippen LogP contribution in [0, 0.1) is 43.9 Å². The highest BCUT2D eigenvalue weighted by Crippen LogP contribution is 2.35. The third kappa shape index (κ3) is 16.4. The van der Waals surface area contributed by atoms with E-state index in [-0.39, 0.29) is 5.41 Å². The zero-order chi connectivity index (χ0) is 61.8. The normalized spacial score (nSPS) is 14.5. The summed E-state index contributed by atoms with van der Waals surface area (Å²) in [7, 11) is 0. The minimum Gasteiger partial charge on any atom is -0.248 e. The van der Waals surface area contributed by atoms with Gasteiger partial charge in [0, 0.05) is 43.8 Å². The molecule has 4 heterocycles. The summed E-state index contributed by atoms with van der Waals surface area (Å²) in [6.07, 6.45) is 21.5. The maximum Gasteiger partial charge on any atom is 0.0712 e. The predicted octanol–water partition coefficient (Wildman–Crippen LogP) is 23.3. The predicted molar refractivity (Wildman–Crippen MR) is 383 cm³/mol. The van der Waals surface area contributed by atoms with E-state index in [1.165, 1.54) is 179 Å². The minimum absolute atomic E-state index is 0.262. The lowest BCUT2D eigenvalue weighted by Gasteiger charge is -2.20. The highest BCUT2D eigenvalue weighted by atomic mass is 14.7. The van der Waals surface area contributed by atoms with Crippen molar-refractivity contribution < 1.29 is 0 Å². The zero-order valence-corrected chi connectivity index (χ0v) is 54.2. The van der Waals surface area contributed by atoms with E-state index in [0.717, 1.165) is 69.0 Å². The van der Waals surface area contributed by atoms with Gasteiger partial charge >= 0.3 is 0 Å². The summed E-state index contributed by atoms with van der Waals surface area (Å²) in [6, 6.07) is 80.2. The van der Waals surface area contributed by atoms with Gasteiger partial charge < -0.3 is 0 Å². The Morgan fingerprint density at radius 1 is 0.311 bits per heavy atom. The van der Waals surface area contributed by atoms with Gasteiger partial charge in [0.15, 0.2) is 0 Å². The molecule has 12 aromatic rings. The highest BCUT2D eigenvalue weighted by Gasteiger charge is 2.20. The number of nitrogens with zero attached hydrogens (tertiary/aromatic N) is 4. The van der Waals surface area contributed by atoms with Crippen molar-refractivity contribution in [1.82, 2.24) is 19.9 Å². The third-order valence-corrected chi connectivity index (χ3v) is 18.8. The Morgan fingerprint density at radius 2 is 0.689 bits per heavy atom. The van der Waals surface area contributed by atoms with Gasteiger partial charge in [-0.15, -0.1) is 0 Å². The van der Waals surface area contributed by atoms with Crippen molar-refractivity contribution in [2.45, 2.75) is 144 Å². The highest BCUT2D eigenvalue weighted by molar-refractivity contribution is 5.86. The topological polar surface area (TPSA) is 51.6 Å². The number of rotatable bonds is 11. The van der Waals surface area contributed by atoms with E-state index in [0.29, 0.717) is 0 Å². The quantitative estimate of drug-likeness (QED) is 0.129. The average molecular weight is 1180 g/mol. The van der Waals surface area contributed by atoms with E-state index >= 15 is 0 Å². The van der Waals surface area contributed by atoms with E-state index in [2.05, 4.69) is 254 Å². The third-order valence-electron chi connectivity index (χ3n) is 18.8. The maximum atomic E-state index is 4.96. The summed E-state index contributed by atoms with van der Waals surface area (Å²) in [6.45, 7) is 13.3. The van der Waals surface area contributed by atoms with Gasteiger partial charge in [-0.05, 0) is 159 Å². The van der Waals surface area contributed by atoms with Crippen molar-refractivity contribution in [3.05, 3.63) is 263 Å². The molecule has 0 bridgehead atoms. The fraction of sp³-hybridized carbons (Fsp3) is 0.302. The summed E-state index contributed by atoms with van der Waals surface area (Å²) in [5.74, 6) is 2.65. The minimum atomic E-state index is 0.262. The van der Waals surface area contributed by atoms with Gasteiger partial charge in [-0.25, -0.2) is 19.9 Å². The summed E-state index contributed by atoms with van der Waals surface area (Å²) in [4.78, 5) is 19.6. The molecule has 0 unspecified atom stereocenters. The van der Waals surface area contributed by atoms with Crippen molar-refractivity contribution in [2.24, 2.45) is 23.2 Å². The first kappa shape index (κ1) is 61.6. The summed E-state index contributed by atoms with van der Waals surface area (Å²) >= 11 is 0. The Morgan fingerprint density at radius 3 is 1.14 bits per heavy atom. The van der Waals surface area contributed by atoms with Gasteiger partial charge in [0.25, 0.3) is 0 Å². The second-order valence-corrected chi connectivity index (χ2v) is 27.6. The number of aryl methyl sites for hydroxylation is 3. The Hall–Kier alpha value is -8.60. The van der Waals surface area contributed by atoms with Crippen molar-refractivity contribution in [3.8, 4) is 45.0 Å². The van der Waals surface area contributed by atoms with Crippen molar-refractivity contribution in [2.75, 3.05) is 0 Å². The van der Waals surface area contributed by atoms with Crippen LogP contribution in [-0.2, 0) is 25.7 Å². The summed E-state index contributed by atoms with van der Waals surface area (Å²) < 4.78 is 0. The Bertz CT molecular complexity index is 4330. The van der Waals surface area contributed by atoms with E-state index < -0.39 is 0 Å². The molecule has 454 valence electrons. The molecule has 3 aliphatic carbocycles. The lowest BCUT2D eigenvalue weighted by Crippen LogP contribution is -2.10. The second kappa shape index (κ2) is 28.9. The number of benzene rings is 8. The molecule has 0 N–H and O–H groups in total. The average Bonchev–Trinajstić information content (AvgIpc) is 1.18. The molecule has 0 amide bonds. The number of hydrogen-bond donors (Lipinski definition) is 0. The monoisotopic (exact) mass is 1180 g/mol. The molecule has 0 spiro atoms. The molecule has 3 fully saturated rings. The van der Waals surface area contributed by atoms with Crippen LogP contribution in [0.3, 0.4) is 0 Å². The van der Waals surface area contributed by atoms with Crippen LogP contribution >= 0.6 is 0 Å². The first-order chi connectivity index (χ1) is 43.9. The molecule has 0 saturated heterocycles. The van der Waals surface area contributed by atoms with Crippen molar-refractivity contribution in [3.63, 3.8) is 0 Å². The van der Waals surface area contributed by atoms with Crippen LogP contribution in [-0.4, -0.2) is 19.9 Å². The summed E-state index contributed by atoms with van der Waals surface area (Å²) in [5.41, 5.74) is 23.3. The number of aromatic nitrogens is 4. The van der Waals surface area contributed by atoms with E-state index in [1.54, 1.807) is 0 Å². The number of hydrogen-bond acceptors (Lipinski definition) is 4. The first-order valence-electron chi connectivity index (χ1n) is 33.7. The van der Waals surface area contributed by atoms with E-state index in [4.69, 9.17) is 19.9 Å². The van der Waals surface area contributed by atoms with Crippen LogP contribution in [0.25, 0.3) is 88.6 Å². The van der Waals surface area contributed by atoms with Crippen LogP contribution in [0.4, 0.5) is 0 Å². The van der Waals surface area contributed by atoms with Crippen LogP contribution in [0.15, 0.2) is 224 Å². The molecule has 4 nitrogen and oxygen atoms in total. The van der Waals surface area contributed by atoms with Crippen molar-refractivity contribution >= 4 is 43.6 Å². The lowest BCUT2D eigenvalue weighted by molar-refractivity contribution is 0.412. The molecule has 15 rings (SSSR count). The Labute approximate surface area is 536 Å². The van der Waals surface area contributed by atoms with E-state index in [9.17, 15) is 0 Å². The van der Waals surface area contributed by atoms with Crippen LogP contribution in [0.5, 0.6) is 0 Å². The van der Waals surface area contributed by atoms with E-state index in [1.807, 2.05) is 12.1 Å². The fourth-order valence-corrected chi connectivity index (χ4v) is 14.3. The van der Waals surface area contributed by atoms with Crippen molar-refractivity contribution in [1.29, 1.82) is 0 Å². The van der Waals surface area contributed by atoms with Gasteiger partial charge in [-0.2, -0.15) is 0 Å². The van der Waals surface area contributed by atoms with Gasteiger partial charge in [0.2, 0.25) is 0 Å². The molecule has 3 saturated carbocycles. The molecule has 0 radical (unpaired) electrons. The first-order valence-corrected chi connectivity index (χ1v) is 33.7. The smallest absolute Gasteiger partial charge is 0.0712 e. The molecule has 3 aliphatic rings. The van der Waals surface area contributed by atoms with Crippen LogP contribution in [0.2, 0.25) is 0 Å². The Balaban J connectivity index is 0.000000116. The van der Waals surface area contributed by atoms with Gasteiger partial charge in [-0.3, -0.25) is 0 Å². The molecule has 4 aromatic heterocycles. The second-order valence-electron chi connectivity index (χ2n) is 27.6. The molecule has 4 heteroatoms. The molecule has 0 aliphatic heterocycles. The zero-order valence-electron chi connectivity index (χ0n) is 54.2. The number of fused-ring (bicyclic) bond motifs is 4. The SMILES string of the molecule is CC(C)(C)Cc1cc(-c2ccccc2)nc2ccccc12.Cc1cc(C)cc(-c2ccc3ccc(CC4CCCC4)cc3n2)c1.Cc1cccc(-c2ccc3ccc(CC4CCCC4)cc3n2)c1.c1ccc(-c2ccc3ccc(CC4CCCC4)cc3n2)cc1. The molecular weight excluding hydrogens is 1090 g/mol. The summed E-state index contributed by atoms with van der Waals surface area (Å²) in [5, 5.41) is 4.97. The van der Waals surface area contributed by atoms with Gasteiger partial charge in [-0.1, -0.05) is 272 Å². The number of pyridine rings is 4. The standard InChI is InChI=1S/C23H25N.C22H23N.C21H21N.C20H21N/c1-16-11-17(2)13-21(12-16)22-10-9-20-8-7-19(15-23(20)24-22)14-18-5-3-4-6-18;1-16-5-4-8-20(13-16)21-12-11-19-10-9-18(15-22(19)23-21)14-17-6-2-3-7-17;1-2-8-18(9-3-1)20-13-12-19-11-10-17(15-21(19)22-20)14-16-6-4-5-7-16;1-20(2,3)14-16-13-19(15-9-5-4-6-10-15)21-18-12-8-7-11-17(16)18/h7-13,15,18H,3-6,14H2,1-2H3;4-5,8-13,15,17H,2-3,6-7,14H2,1H3;1-3,8-13,15-16H,4-7,14H2;4-13H,14H2,1-3H3. The fourth-order valence-electron chi connectivity index (χ4n) is 14.3. The van der Waals surface area contributed by atoms with Gasteiger partial charge in [0.1, 0.15) is 0 Å². The van der Waals surface area contributed by atoms with Crippen LogP contribution in [0.1, 0.15) is 137 Å². The largest absolute Gasteiger partial charge is 0.248 e. The Kier molecular flexibility index (Phi) is 19.8. The maximum absolute atomic E-state index is 4.96. The number of para-hydroxylation sites is 1. The molecule has 8 aromatic carbocycles. The van der Waals surface area contributed by atoms with Gasteiger partial charge in [0.05, 0.1) is 44.8 Å².